The van der Waals surface area contributed by atoms with Crippen LogP contribution < -0.4 is 10.6 Å². The molecule has 0 saturated heterocycles. The van der Waals surface area contributed by atoms with E-state index in [4.69, 9.17) is 16.3 Å². The Labute approximate surface area is 218 Å². The minimum atomic E-state index is -0.889. The van der Waals surface area contributed by atoms with E-state index < -0.39 is 17.7 Å². The van der Waals surface area contributed by atoms with Gasteiger partial charge in [0.05, 0.1) is 10.7 Å². The van der Waals surface area contributed by atoms with E-state index >= 15 is 0 Å². The lowest BCUT2D eigenvalue weighted by molar-refractivity contribution is -0.143. The van der Waals surface area contributed by atoms with Crippen LogP contribution in [-0.4, -0.2) is 41.0 Å². The zero-order chi connectivity index (χ0) is 26.6. The molecule has 1 unspecified atom stereocenters. The van der Waals surface area contributed by atoms with Gasteiger partial charge in [-0.15, -0.1) is 0 Å². The second kappa shape index (κ2) is 11.3. The van der Waals surface area contributed by atoms with E-state index in [1.54, 1.807) is 31.7 Å². The third-order valence-electron chi connectivity index (χ3n) is 6.26. The zero-order valence-corrected chi connectivity index (χ0v) is 22.7. The van der Waals surface area contributed by atoms with Gasteiger partial charge in [-0.25, -0.2) is 4.79 Å². The van der Waals surface area contributed by atoms with Crippen molar-refractivity contribution < 1.29 is 19.1 Å². The zero-order valence-electron chi connectivity index (χ0n) is 21.9. The first-order valence-electron chi connectivity index (χ1n) is 12.3. The number of hydrogen-bond acceptors (Lipinski definition) is 4. The van der Waals surface area contributed by atoms with E-state index in [-0.39, 0.29) is 24.4 Å². The quantitative estimate of drug-likeness (QED) is 0.486. The van der Waals surface area contributed by atoms with Crippen LogP contribution in [0.25, 0.3) is 0 Å². The van der Waals surface area contributed by atoms with Crippen LogP contribution in [0.15, 0.2) is 36.4 Å². The summed E-state index contributed by atoms with van der Waals surface area (Å²) < 4.78 is 5.28. The molecular weight excluding hydrogens is 478 g/mol. The third kappa shape index (κ3) is 6.78. The summed E-state index contributed by atoms with van der Waals surface area (Å²) in [5, 5.41) is 5.96. The highest BCUT2D eigenvalue weighted by molar-refractivity contribution is 6.34. The van der Waals surface area contributed by atoms with E-state index in [0.717, 1.165) is 41.5 Å². The standard InChI is InChI=1S/C28H36ClN3O4/c1-17-13-14-21(19(3)15-17)25(26(34)31-24-18(2)9-7-12-22(24)29)32(20-10-8-11-20)23(33)16-30-27(35)36-28(4,5)6/h7,9,12-15,20,25H,8,10-11,16H2,1-6H3,(H,30,35)(H,31,34). The molecule has 0 spiro atoms. The minimum Gasteiger partial charge on any atom is -0.444 e. The minimum absolute atomic E-state index is 0.110. The Balaban J connectivity index is 1.97. The predicted molar refractivity (Wildman–Crippen MR) is 142 cm³/mol. The summed E-state index contributed by atoms with van der Waals surface area (Å²) in [7, 11) is 0. The molecule has 36 heavy (non-hydrogen) atoms. The molecule has 1 atom stereocenters. The fraction of sp³-hybridized carbons (Fsp3) is 0.464. The summed E-state index contributed by atoms with van der Waals surface area (Å²) in [5.41, 5.74) is 3.36. The van der Waals surface area contributed by atoms with Crippen molar-refractivity contribution in [3.05, 3.63) is 63.7 Å². The topological polar surface area (TPSA) is 87.7 Å². The predicted octanol–water partition coefficient (Wildman–Crippen LogP) is 5.85. The molecule has 2 aromatic rings. The molecule has 2 N–H and O–H groups in total. The average Bonchev–Trinajstić information content (AvgIpc) is 2.73. The first-order chi connectivity index (χ1) is 16.9. The lowest BCUT2D eigenvalue weighted by Crippen LogP contribution is -2.53. The van der Waals surface area contributed by atoms with Crippen molar-refractivity contribution in [3.63, 3.8) is 0 Å². The summed E-state index contributed by atoms with van der Waals surface area (Å²) in [6.07, 6.45) is 1.87. The molecular formula is C28H36ClN3O4. The molecule has 1 saturated carbocycles. The third-order valence-corrected chi connectivity index (χ3v) is 6.57. The maximum atomic E-state index is 13.9. The summed E-state index contributed by atoms with van der Waals surface area (Å²) in [6, 6.07) is 10.2. The van der Waals surface area contributed by atoms with Gasteiger partial charge in [-0.1, -0.05) is 47.5 Å². The van der Waals surface area contributed by atoms with Gasteiger partial charge < -0.3 is 20.3 Å². The fourth-order valence-electron chi connectivity index (χ4n) is 4.31. The van der Waals surface area contributed by atoms with E-state index in [1.807, 2.05) is 51.1 Å². The molecule has 194 valence electrons. The first-order valence-corrected chi connectivity index (χ1v) is 12.7. The number of halogens is 1. The molecule has 0 heterocycles. The lowest BCUT2D eigenvalue weighted by atomic mass is 9.87. The first kappa shape index (κ1) is 27.5. The van der Waals surface area contributed by atoms with Crippen molar-refractivity contribution in [3.8, 4) is 0 Å². The smallest absolute Gasteiger partial charge is 0.408 e. The van der Waals surface area contributed by atoms with E-state index in [2.05, 4.69) is 10.6 Å². The van der Waals surface area contributed by atoms with Crippen LogP contribution in [0.3, 0.4) is 0 Å². The molecule has 7 nitrogen and oxygen atoms in total. The van der Waals surface area contributed by atoms with Gasteiger partial charge in [-0.3, -0.25) is 9.59 Å². The Morgan fingerprint density at radius 3 is 2.33 bits per heavy atom. The Hall–Kier alpha value is -3.06. The highest BCUT2D eigenvalue weighted by Crippen LogP contribution is 2.36. The SMILES string of the molecule is Cc1ccc(C(C(=O)Nc2c(C)cccc2Cl)N(C(=O)CNC(=O)OC(C)(C)C)C2CCC2)c(C)c1. The van der Waals surface area contributed by atoms with Gasteiger partial charge in [0.2, 0.25) is 5.91 Å². The number of nitrogens with zero attached hydrogens (tertiary/aromatic N) is 1. The van der Waals surface area contributed by atoms with Gasteiger partial charge in [-0.2, -0.15) is 0 Å². The number of carbonyl (C=O) groups excluding carboxylic acids is 3. The second-order valence-electron chi connectivity index (χ2n) is 10.4. The molecule has 3 amide bonds. The van der Waals surface area contributed by atoms with Crippen molar-refractivity contribution >= 4 is 35.2 Å². The largest absolute Gasteiger partial charge is 0.444 e. The van der Waals surface area contributed by atoms with E-state index in [1.165, 1.54) is 0 Å². The van der Waals surface area contributed by atoms with Crippen molar-refractivity contribution in [2.45, 2.75) is 78.5 Å². The monoisotopic (exact) mass is 513 g/mol. The van der Waals surface area contributed by atoms with Crippen LogP contribution in [0, 0.1) is 20.8 Å². The highest BCUT2D eigenvalue weighted by Gasteiger charge is 2.39. The fourth-order valence-corrected chi connectivity index (χ4v) is 4.58. The van der Waals surface area contributed by atoms with Crippen LogP contribution in [0.5, 0.6) is 0 Å². The molecule has 0 aromatic heterocycles. The van der Waals surface area contributed by atoms with Crippen LogP contribution in [0.1, 0.15) is 68.3 Å². The van der Waals surface area contributed by atoms with Gasteiger partial charge in [0, 0.05) is 6.04 Å². The Kier molecular flexibility index (Phi) is 8.67. The van der Waals surface area contributed by atoms with Crippen LogP contribution in [0.2, 0.25) is 5.02 Å². The molecule has 1 fully saturated rings. The molecule has 0 bridgehead atoms. The molecule has 8 heteroatoms. The number of ether oxygens (including phenoxy) is 1. The summed E-state index contributed by atoms with van der Waals surface area (Å²) >= 11 is 6.40. The number of alkyl carbamates (subject to hydrolysis) is 1. The number of amides is 3. The van der Waals surface area contributed by atoms with Crippen LogP contribution >= 0.6 is 11.6 Å². The number of hydrogen-bond donors (Lipinski definition) is 2. The van der Waals surface area contributed by atoms with Gasteiger partial charge in [-0.05, 0) is 83.6 Å². The van der Waals surface area contributed by atoms with Gasteiger partial charge >= 0.3 is 6.09 Å². The van der Waals surface area contributed by atoms with Gasteiger partial charge in [0.15, 0.2) is 0 Å². The maximum Gasteiger partial charge on any atom is 0.408 e. The number of para-hydroxylation sites is 1. The molecule has 1 aliphatic carbocycles. The van der Waals surface area contributed by atoms with Gasteiger partial charge in [0.25, 0.3) is 5.91 Å². The van der Waals surface area contributed by atoms with E-state index in [0.29, 0.717) is 10.7 Å². The normalized spacial score (nSPS) is 14.4. The summed E-state index contributed by atoms with van der Waals surface area (Å²) in [6.45, 7) is 10.8. The van der Waals surface area contributed by atoms with Crippen molar-refractivity contribution in [1.82, 2.24) is 10.2 Å². The number of carbonyl (C=O) groups is 3. The molecule has 1 aliphatic rings. The maximum absolute atomic E-state index is 13.9. The Bertz CT molecular complexity index is 1120. The van der Waals surface area contributed by atoms with Crippen LogP contribution in [0.4, 0.5) is 10.5 Å². The number of rotatable bonds is 7. The Morgan fingerprint density at radius 2 is 1.78 bits per heavy atom. The van der Waals surface area contributed by atoms with Gasteiger partial charge in [0.1, 0.15) is 18.2 Å². The van der Waals surface area contributed by atoms with Crippen molar-refractivity contribution in [2.75, 3.05) is 11.9 Å². The van der Waals surface area contributed by atoms with Crippen LogP contribution in [-0.2, 0) is 14.3 Å². The molecule has 0 radical (unpaired) electrons. The van der Waals surface area contributed by atoms with Crippen molar-refractivity contribution in [1.29, 1.82) is 0 Å². The average molecular weight is 514 g/mol. The number of benzene rings is 2. The molecule has 0 aliphatic heterocycles. The molecule has 3 rings (SSSR count). The number of nitrogens with one attached hydrogen (secondary N) is 2. The second-order valence-corrected chi connectivity index (χ2v) is 10.8. The molecule has 2 aromatic carbocycles. The van der Waals surface area contributed by atoms with E-state index in [9.17, 15) is 14.4 Å². The summed E-state index contributed by atoms with van der Waals surface area (Å²) in [4.78, 5) is 41.3. The lowest BCUT2D eigenvalue weighted by Gasteiger charge is -2.42. The Morgan fingerprint density at radius 1 is 1.08 bits per heavy atom. The highest BCUT2D eigenvalue weighted by atomic mass is 35.5. The number of aryl methyl sites for hydroxylation is 3. The summed E-state index contributed by atoms with van der Waals surface area (Å²) in [5.74, 6) is -0.697. The van der Waals surface area contributed by atoms with Crippen molar-refractivity contribution in [2.24, 2.45) is 0 Å². The number of anilines is 1.